The van der Waals surface area contributed by atoms with Gasteiger partial charge in [0, 0.05) is 18.2 Å². The minimum Gasteiger partial charge on any atom is -0.466 e. The Morgan fingerprint density at radius 1 is 1.21 bits per heavy atom. The Kier molecular flexibility index (Phi) is 11.2. The summed E-state index contributed by atoms with van der Waals surface area (Å²) in [7, 11) is 2.45. The van der Waals surface area contributed by atoms with Crippen molar-refractivity contribution in [3.63, 3.8) is 0 Å². The van der Waals surface area contributed by atoms with Gasteiger partial charge >= 0.3 is 11.9 Å². The molecule has 0 saturated carbocycles. The molecule has 0 radical (unpaired) electrons. The zero-order valence-corrected chi connectivity index (χ0v) is 8.02. The fourth-order valence-corrected chi connectivity index (χ4v) is 0.272. The highest BCUT2D eigenvalue weighted by atomic mass is 16.5. The second-order valence-electron chi connectivity index (χ2n) is 1.71. The number of nitrogens with zero attached hydrogens (tertiary/aromatic N) is 1. The van der Waals surface area contributed by atoms with Crippen molar-refractivity contribution >= 4 is 11.9 Å². The lowest BCUT2D eigenvalue weighted by atomic mass is 10.5. The van der Waals surface area contributed by atoms with E-state index in [2.05, 4.69) is 16.1 Å². The van der Waals surface area contributed by atoms with Crippen molar-refractivity contribution in [3.8, 4) is 6.07 Å². The third-order valence-electron chi connectivity index (χ3n) is 0.849. The SMILES string of the molecule is C=CC#N.COC(=O)/C=C/C(=O)OC. The van der Waals surface area contributed by atoms with Crippen LogP contribution in [0.25, 0.3) is 0 Å². The summed E-state index contributed by atoms with van der Waals surface area (Å²) in [6.07, 6.45) is 3.16. The van der Waals surface area contributed by atoms with Crippen molar-refractivity contribution in [2.45, 2.75) is 0 Å². The third-order valence-corrected chi connectivity index (χ3v) is 0.849. The molecule has 5 nitrogen and oxygen atoms in total. The molecule has 0 bridgehead atoms. The number of methoxy groups -OCH3 is 2. The molecule has 14 heavy (non-hydrogen) atoms. The topological polar surface area (TPSA) is 76.4 Å². The molecule has 0 aliphatic carbocycles. The van der Waals surface area contributed by atoms with E-state index in [-0.39, 0.29) is 0 Å². The number of carbonyl (C=O) groups is 2. The average Bonchev–Trinajstić information content (AvgIpc) is 2.25. The third kappa shape index (κ3) is 12.6. The standard InChI is InChI=1S/C6H8O4.C3H3N/c1-9-5(7)3-4-6(8)10-2;1-2-3-4/h3-4H,1-2H3;2H,1H2/b4-3+;. The number of ether oxygens (including phenoxy) is 2. The Labute approximate surface area is 82.2 Å². The zero-order chi connectivity index (χ0) is 11.4. The van der Waals surface area contributed by atoms with Crippen molar-refractivity contribution in [2.24, 2.45) is 0 Å². The first-order valence-electron chi connectivity index (χ1n) is 3.46. The minimum absolute atomic E-state index is 0.578. The number of hydrogen-bond acceptors (Lipinski definition) is 5. The number of rotatable bonds is 2. The number of allylic oxidation sites excluding steroid dienone is 1. The summed E-state index contributed by atoms with van der Waals surface area (Å²) in [5.74, 6) is -1.16. The first-order valence-corrected chi connectivity index (χ1v) is 3.46. The van der Waals surface area contributed by atoms with Crippen molar-refractivity contribution in [3.05, 3.63) is 24.8 Å². The fourth-order valence-electron chi connectivity index (χ4n) is 0.272. The van der Waals surface area contributed by atoms with Gasteiger partial charge in [0.15, 0.2) is 0 Å². The lowest BCUT2D eigenvalue weighted by molar-refractivity contribution is -0.137. The van der Waals surface area contributed by atoms with E-state index >= 15 is 0 Å². The first kappa shape index (κ1) is 14.4. The maximum absolute atomic E-state index is 10.3. The van der Waals surface area contributed by atoms with E-state index in [1.165, 1.54) is 20.3 Å². The van der Waals surface area contributed by atoms with Crippen LogP contribution in [0.1, 0.15) is 0 Å². The zero-order valence-electron chi connectivity index (χ0n) is 8.02. The molecule has 0 atom stereocenters. The highest BCUT2D eigenvalue weighted by molar-refractivity contribution is 5.91. The molecule has 0 aromatic rings. The van der Waals surface area contributed by atoms with Crippen LogP contribution >= 0.6 is 0 Å². The van der Waals surface area contributed by atoms with Gasteiger partial charge in [-0.05, 0) is 0 Å². The Hall–Kier alpha value is -2.09. The van der Waals surface area contributed by atoms with Crippen LogP contribution in [0.4, 0.5) is 0 Å². The summed E-state index contributed by atoms with van der Waals surface area (Å²) < 4.78 is 8.42. The summed E-state index contributed by atoms with van der Waals surface area (Å²) in [6, 6.07) is 1.69. The van der Waals surface area contributed by atoms with Crippen LogP contribution in [-0.2, 0) is 19.1 Å². The van der Waals surface area contributed by atoms with E-state index < -0.39 is 11.9 Å². The Bertz CT molecular complexity index is 244. The maximum atomic E-state index is 10.3. The molecule has 0 aromatic carbocycles. The number of hydrogen-bond donors (Lipinski definition) is 0. The van der Waals surface area contributed by atoms with Crippen LogP contribution in [0.15, 0.2) is 24.8 Å². The van der Waals surface area contributed by atoms with E-state index in [4.69, 9.17) is 5.26 Å². The molecule has 5 heteroatoms. The maximum Gasteiger partial charge on any atom is 0.330 e. The number of carbonyl (C=O) groups excluding carboxylic acids is 2. The summed E-state index contributed by atoms with van der Waals surface area (Å²) in [4.78, 5) is 20.6. The average molecular weight is 197 g/mol. The smallest absolute Gasteiger partial charge is 0.330 e. The first-order chi connectivity index (χ1) is 6.62. The molecule has 0 unspecified atom stereocenters. The van der Waals surface area contributed by atoms with Gasteiger partial charge < -0.3 is 9.47 Å². The molecular weight excluding hydrogens is 186 g/mol. The van der Waals surface area contributed by atoms with Crippen LogP contribution in [-0.4, -0.2) is 26.2 Å². The Morgan fingerprint density at radius 3 is 1.64 bits per heavy atom. The molecule has 0 saturated heterocycles. The minimum atomic E-state index is -0.578. The molecule has 0 amide bonds. The highest BCUT2D eigenvalue weighted by Gasteiger charge is 1.94. The fraction of sp³-hybridized carbons (Fsp3) is 0.222. The van der Waals surface area contributed by atoms with Crippen LogP contribution in [0, 0.1) is 11.3 Å². The van der Waals surface area contributed by atoms with Crippen LogP contribution in [0.5, 0.6) is 0 Å². The highest BCUT2D eigenvalue weighted by Crippen LogP contribution is 1.80. The second-order valence-corrected chi connectivity index (χ2v) is 1.71. The van der Waals surface area contributed by atoms with Gasteiger partial charge in [-0.2, -0.15) is 5.26 Å². The van der Waals surface area contributed by atoms with Crippen molar-refractivity contribution in [1.82, 2.24) is 0 Å². The van der Waals surface area contributed by atoms with Gasteiger partial charge in [-0.25, -0.2) is 9.59 Å². The molecular formula is C9H11NO4. The molecule has 0 rings (SSSR count). The van der Waals surface area contributed by atoms with Gasteiger partial charge in [0.2, 0.25) is 0 Å². The van der Waals surface area contributed by atoms with Gasteiger partial charge in [0.25, 0.3) is 0 Å². The Balaban J connectivity index is 0. The van der Waals surface area contributed by atoms with Gasteiger partial charge in [0.1, 0.15) is 0 Å². The van der Waals surface area contributed by atoms with E-state index in [0.717, 1.165) is 12.2 Å². The van der Waals surface area contributed by atoms with Crippen molar-refractivity contribution < 1.29 is 19.1 Å². The molecule has 0 aromatic heterocycles. The molecule has 0 spiro atoms. The summed E-state index contributed by atoms with van der Waals surface area (Å²) in [5.41, 5.74) is 0. The van der Waals surface area contributed by atoms with E-state index in [1.807, 2.05) is 0 Å². The van der Waals surface area contributed by atoms with E-state index in [9.17, 15) is 9.59 Å². The predicted octanol–water partition coefficient (Wildman–Crippen LogP) is 0.585. The van der Waals surface area contributed by atoms with Crippen LogP contribution < -0.4 is 0 Å². The van der Waals surface area contributed by atoms with Crippen molar-refractivity contribution in [1.29, 1.82) is 5.26 Å². The monoisotopic (exact) mass is 197 g/mol. The molecule has 0 aliphatic heterocycles. The normalized spacial score (nSPS) is 7.79. The Morgan fingerprint density at radius 2 is 1.50 bits per heavy atom. The van der Waals surface area contributed by atoms with Crippen LogP contribution in [0.3, 0.4) is 0 Å². The molecule has 0 fully saturated rings. The summed E-state index contributed by atoms with van der Waals surface area (Å²) in [6.45, 7) is 3.12. The van der Waals surface area contributed by atoms with Gasteiger partial charge in [-0.1, -0.05) is 6.58 Å². The van der Waals surface area contributed by atoms with Gasteiger partial charge in [-0.15, -0.1) is 0 Å². The van der Waals surface area contributed by atoms with Gasteiger partial charge in [0.05, 0.1) is 20.3 Å². The lowest BCUT2D eigenvalue weighted by Gasteiger charge is -1.89. The summed E-state index contributed by atoms with van der Waals surface area (Å²) >= 11 is 0. The van der Waals surface area contributed by atoms with Crippen LogP contribution in [0.2, 0.25) is 0 Å². The van der Waals surface area contributed by atoms with Crippen molar-refractivity contribution in [2.75, 3.05) is 14.2 Å². The molecule has 0 aliphatic rings. The molecule has 0 N–H and O–H groups in total. The molecule has 0 heterocycles. The number of nitriles is 1. The van der Waals surface area contributed by atoms with E-state index in [1.54, 1.807) is 6.07 Å². The number of esters is 2. The summed E-state index contributed by atoms with van der Waals surface area (Å²) in [5, 5.41) is 7.51. The second kappa shape index (κ2) is 10.9. The molecule has 76 valence electrons. The van der Waals surface area contributed by atoms with Gasteiger partial charge in [-0.3, -0.25) is 0 Å². The van der Waals surface area contributed by atoms with E-state index in [0.29, 0.717) is 0 Å². The predicted molar refractivity (Wildman–Crippen MR) is 49.0 cm³/mol. The largest absolute Gasteiger partial charge is 0.466 e. The quantitative estimate of drug-likeness (QED) is 0.367. The lowest BCUT2D eigenvalue weighted by Crippen LogP contribution is -1.98.